The molecule has 0 saturated heterocycles. The monoisotopic (exact) mass is 554 g/mol. The van der Waals surface area contributed by atoms with Gasteiger partial charge in [0.25, 0.3) is 0 Å². The SMILES string of the molecule is CCCCOc1nc(N)c(N)c(NCc2ccc(CN(CCCCl)Cc3cccc(CC(=O)OC)c3)cc2)n1. The van der Waals surface area contributed by atoms with Crippen molar-refractivity contribution >= 4 is 34.9 Å². The van der Waals surface area contributed by atoms with Crippen molar-refractivity contribution in [3.8, 4) is 6.01 Å². The van der Waals surface area contributed by atoms with Crippen molar-refractivity contribution < 1.29 is 14.3 Å². The van der Waals surface area contributed by atoms with Crippen molar-refractivity contribution in [1.29, 1.82) is 0 Å². The summed E-state index contributed by atoms with van der Waals surface area (Å²) in [5, 5.41) is 3.25. The number of ether oxygens (including phenoxy) is 2. The third-order valence-corrected chi connectivity index (χ3v) is 6.42. The van der Waals surface area contributed by atoms with Gasteiger partial charge in [-0.3, -0.25) is 9.69 Å². The van der Waals surface area contributed by atoms with Gasteiger partial charge in [-0.2, -0.15) is 9.97 Å². The van der Waals surface area contributed by atoms with Crippen LogP contribution >= 0.6 is 11.6 Å². The summed E-state index contributed by atoms with van der Waals surface area (Å²) in [6.07, 6.45) is 3.08. The highest BCUT2D eigenvalue weighted by Gasteiger charge is 2.12. The number of halogens is 1. The van der Waals surface area contributed by atoms with Crippen LogP contribution in [0.15, 0.2) is 48.5 Å². The zero-order valence-electron chi connectivity index (χ0n) is 22.8. The number of rotatable bonds is 16. The molecule has 0 saturated carbocycles. The lowest BCUT2D eigenvalue weighted by Crippen LogP contribution is -2.24. The Morgan fingerprint density at radius 2 is 1.72 bits per heavy atom. The first-order chi connectivity index (χ1) is 18.9. The average molecular weight is 555 g/mol. The second-order valence-corrected chi connectivity index (χ2v) is 9.73. The van der Waals surface area contributed by atoms with Gasteiger partial charge in [0.2, 0.25) is 0 Å². The average Bonchev–Trinajstić information content (AvgIpc) is 2.93. The predicted molar refractivity (Wildman–Crippen MR) is 157 cm³/mol. The predicted octanol–water partition coefficient (Wildman–Crippen LogP) is 4.78. The minimum atomic E-state index is -0.243. The molecule has 39 heavy (non-hydrogen) atoms. The summed E-state index contributed by atoms with van der Waals surface area (Å²) in [6.45, 7) is 5.54. The van der Waals surface area contributed by atoms with Gasteiger partial charge in [0.05, 0.1) is 20.1 Å². The van der Waals surface area contributed by atoms with Crippen LogP contribution in [0.25, 0.3) is 0 Å². The Bertz CT molecular complexity index is 1190. The quantitative estimate of drug-likeness (QED) is 0.130. The Balaban J connectivity index is 1.61. The highest BCUT2D eigenvalue weighted by atomic mass is 35.5. The van der Waals surface area contributed by atoms with Crippen molar-refractivity contribution in [3.63, 3.8) is 0 Å². The maximum Gasteiger partial charge on any atom is 0.320 e. The third kappa shape index (κ3) is 9.92. The molecule has 5 N–H and O–H groups in total. The van der Waals surface area contributed by atoms with Crippen LogP contribution in [0, 0.1) is 0 Å². The van der Waals surface area contributed by atoms with Gasteiger partial charge < -0.3 is 26.3 Å². The topological polar surface area (TPSA) is 129 Å². The van der Waals surface area contributed by atoms with Gasteiger partial charge in [-0.05, 0) is 41.6 Å². The molecular formula is C29H39ClN6O3. The summed E-state index contributed by atoms with van der Waals surface area (Å²) in [5.41, 5.74) is 16.7. The molecule has 0 radical (unpaired) electrons. The summed E-state index contributed by atoms with van der Waals surface area (Å²) in [6, 6.07) is 16.7. The number of nitrogens with two attached hydrogens (primary N) is 2. The Kier molecular flexibility index (Phi) is 12.1. The number of anilines is 3. The van der Waals surface area contributed by atoms with E-state index in [9.17, 15) is 4.79 Å². The molecule has 0 unspecified atom stereocenters. The molecule has 0 amide bonds. The van der Waals surface area contributed by atoms with Crippen LogP contribution in [0.5, 0.6) is 6.01 Å². The number of unbranched alkanes of at least 4 members (excludes halogenated alkanes) is 1. The fraction of sp³-hybridized carbons (Fsp3) is 0.414. The van der Waals surface area contributed by atoms with E-state index in [4.69, 9.17) is 32.5 Å². The van der Waals surface area contributed by atoms with Gasteiger partial charge in [0.15, 0.2) is 11.6 Å². The van der Waals surface area contributed by atoms with Crippen LogP contribution in [0.2, 0.25) is 0 Å². The number of carbonyl (C=O) groups excluding carboxylic acids is 1. The van der Waals surface area contributed by atoms with E-state index in [0.29, 0.717) is 30.5 Å². The molecule has 0 bridgehead atoms. The lowest BCUT2D eigenvalue weighted by Gasteiger charge is -2.23. The molecule has 2 aromatic carbocycles. The Hall–Kier alpha value is -3.56. The molecule has 210 valence electrons. The Labute approximate surface area is 235 Å². The van der Waals surface area contributed by atoms with Gasteiger partial charge in [0, 0.05) is 25.5 Å². The zero-order valence-corrected chi connectivity index (χ0v) is 23.5. The highest BCUT2D eigenvalue weighted by Crippen LogP contribution is 2.25. The normalized spacial score (nSPS) is 11.0. The van der Waals surface area contributed by atoms with Crippen LogP contribution in [-0.4, -0.2) is 47.0 Å². The molecule has 0 aliphatic heterocycles. The number of esters is 1. The van der Waals surface area contributed by atoms with Crippen LogP contribution < -0.4 is 21.5 Å². The number of benzene rings is 2. The minimum absolute atomic E-state index is 0.196. The van der Waals surface area contributed by atoms with E-state index in [2.05, 4.69) is 63.5 Å². The van der Waals surface area contributed by atoms with E-state index >= 15 is 0 Å². The minimum Gasteiger partial charge on any atom is -0.469 e. The Morgan fingerprint density at radius 3 is 2.44 bits per heavy atom. The molecule has 0 aliphatic rings. The van der Waals surface area contributed by atoms with Gasteiger partial charge in [-0.1, -0.05) is 61.9 Å². The second-order valence-electron chi connectivity index (χ2n) is 9.35. The van der Waals surface area contributed by atoms with Crippen LogP contribution in [0.4, 0.5) is 17.3 Å². The number of nitrogens with zero attached hydrogens (tertiary/aromatic N) is 3. The van der Waals surface area contributed by atoms with Crippen molar-refractivity contribution in [1.82, 2.24) is 14.9 Å². The van der Waals surface area contributed by atoms with E-state index in [1.54, 1.807) is 0 Å². The van der Waals surface area contributed by atoms with Crippen molar-refractivity contribution in [2.75, 3.05) is 42.9 Å². The maximum atomic E-state index is 11.7. The molecular weight excluding hydrogens is 516 g/mol. The molecule has 3 aromatic rings. The van der Waals surface area contributed by atoms with Gasteiger partial charge in [-0.15, -0.1) is 11.6 Å². The number of nitrogens with one attached hydrogen (secondary N) is 1. The molecule has 3 rings (SSSR count). The van der Waals surface area contributed by atoms with Crippen molar-refractivity contribution in [3.05, 3.63) is 70.8 Å². The molecule has 0 aliphatic carbocycles. The van der Waals surface area contributed by atoms with Gasteiger partial charge in [0.1, 0.15) is 5.69 Å². The molecule has 0 atom stereocenters. The zero-order chi connectivity index (χ0) is 28.0. The number of methoxy groups -OCH3 is 1. The number of alkyl halides is 1. The van der Waals surface area contributed by atoms with E-state index < -0.39 is 0 Å². The number of carbonyl (C=O) groups is 1. The molecule has 10 heteroatoms. The third-order valence-electron chi connectivity index (χ3n) is 6.15. The molecule has 1 aromatic heterocycles. The van der Waals surface area contributed by atoms with Crippen molar-refractivity contribution in [2.24, 2.45) is 0 Å². The summed E-state index contributed by atoms with van der Waals surface area (Å²) in [7, 11) is 1.41. The van der Waals surface area contributed by atoms with E-state index in [1.807, 2.05) is 12.1 Å². The smallest absolute Gasteiger partial charge is 0.320 e. The molecule has 0 fully saturated rings. The first-order valence-electron chi connectivity index (χ1n) is 13.2. The Morgan fingerprint density at radius 1 is 1.00 bits per heavy atom. The number of hydrogen-bond acceptors (Lipinski definition) is 9. The molecule has 0 spiro atoms. The number of aromatic nitrogens is 2. The fourth-order valence-corrected chi connectivity index (χ4v) is 4.13. The lowest BCUT2D eigenvalue weighted by atomic mass is 10.1. The van der Waals surface area contributed by atoms with Crippen LogP contribution in [0.1, 0.15) is 48.4 Å². The largest absolute Gasteiger partial charge is 0.469 e. The van der Waals surface area contributed by atoms with Gasteiger partial charge >= 0.3 is 12.0 Å². The van der Waals surface area contributed by atoms with E-state index in [-0.39, 0.29) is 24.2 Å². The summed E-state index contributed by atoms with van der Waals surface area (Å²) >= 11 is 6.00. The van der Waals surface area contributed by atoms with Gasteiger partial charge in [-0.25, -0.2) is 0 Å². The van der Waals surface area contributed by atoms with E-state index in [0.717, 1.165) is 55.6 Å². The fourth-order valence-electron chi connectivity index (χ4n) is 4.01. The number of nitrogen functional groups attached to an aromatic ring is 2. The van der Waals surface area contributed by atoms with Crippen LogP contribution in [0.3, 0.4) is 0 Å². The maximum absolute atomic E-state index is 11.7. The first-order valence-corrected chi connectivity index (χ1v) is 13.8. The summed E-state index contributed by atoms with van der Waals surface area (Å²) in [4.78, 5) is 22.5. The summed E-state index contributed by atoms with van der Waals surface area (Å²) < 4.78 is 10.4. The van der Waals surface area contributed by atoms with Crippen LogP contribution in [-0.2, 0) is 35.6 Å². The highest BCUT2D eigenvalue weighted by molar-refractivity contribution is 6.17. The molecule has 9 nitrogen and oxygen atoms in total. The second kappa shape index (κ2) is 15.8. The first kappa shape index (κ1) is 30.0. The summed E-state index contributed by atoms with van der Waals surface area (Å²) in [5.74, 6) is 1.01. The van der Waals surface area contributed by atoms with E-state index in [1.165, 1.54) is 12.7 Å². The number of hydrogen-bond donors (Lipinski definition) is 3. The van der Waals surface area contributed by atoms with Crippen molar-refractivity contribution in [2.45, 2.75) is 52.2 Å². The molecule has 1 heterocycles. The lowest BCUT2D eigenvalue weighted by molar-refractivity contribution is -0.139. The standard InChI is InChI=1S/C29H39ClN6O3/c1-3-4-15-39-29-34-27(32)26(31)28(35-29)33-18-21-9-11-22(12-10-21)19-36(14-6-13-30)20-24-8-5-7-23(16-24)17-25(37)38-2/h5,7-12,16H,3-4,6,13-15,17-20,31H2,1-2H3,(H3,32,33,34,35).